The molecule has 0 bridgehead atoms. The summed E-state index contributed by atoms with van der Waals surface area (Å²) in [4.78, 5) is 12.1. The summed E-state index contributed by atoms with van der Waals surface area (Å²) in [7, 11) is 0. The van der Waals surface area contributed by atoms with Gasteiger partial charge in [0.15, 0.2) is 0 Å². The van der Waals surface area contributed by atoms with Crippen molar-refractivity contribution >= 4 is 24.0 Å². The standard InChI is InChI=1S/C15H24N2O.ClH/c1-14(2,3)10-15(4,5)17-13(18)11-6-8-12(16)9-7-11;/h6-9H,10,16H2,1-5H3,(H,17,18);1H. The molecule has 19 heavy (non-hydrogen) atoms. The lowest BCUT2D eigenvalue weighted by Gasteiger charge is -2.33. The first-order chi connectivity index (χ1) is 8.09. The summed E-state index contributed by atoms with van der Waals surface area (Å²) in [5.41, 5.74) is 6.87. The fourth-order valence-electron chi connectivity index (χ4n) is 2.38. The Morgan fingerprint density at radius 1 is 1.11 bits per heavy atom. The third kappa shape index (κ3) is 6.48. The van der Waals surface area contributed by atoms with E-state index in [0.29, 0.717) is 11.3 Å². The summed E-state index contributed by atoms with van der Waals surface area (Å²) in [5.74, 6) is -0.0516. The second-order valence-electron chi connectivity index (χ2n) is 6.70. The second kappa shape index (κ2) is 6.29. The lowest BCUT2D eigenvalue weighted by atomic mass is 9.81. The van der Waals surface area contributed by atoms with Crippen molar-refractivity contribution in [2.24, 2.45) is 5.41 Å². The maximum absolute atomic E-state index is 12.1. The summed E-state index contributed by atoms with van der Waals surface area (Å²) >= 11 is 0. The number of nitrogens with one attached hydrogen (secondary N) is 1. The van der Waals surface area contributed by atoms with Gasteiger partial charge in [0, 0.05) is 16.8 Å². The Balaban J connectivity index is 0.00000324. The van der Waals surface area contributed by atoms with Gasteiger partial charge < -0.3 is 11.1 Å². The van der Waals surface area contributed by atoms with E-state index in [9.17, 15) is 4.79 Å². The van der Waals surface area contributed by atoms with Crippen molar-refractivity contribution in [3.8, 4) is 0 Å². The Bertz CT molecular complexity index is 419. The second-order valence-corrected chi connectivity index (χ2v) is 6.70. The Morgan fingerprint density at radius 3 is 2.00 bits per heavy atom. The monoisotopic (exact) mass is 284 g/mol. The van der Waals surface area contributed by atoms with Crippen LogP contribution < -0.4 is 11.1 Å². The number of carbonyl (C=O) groups excluding carboxylic acids is 1. The molecule has 0 aliphatic carbocycles. The fraction of sp³-hybridized carbons (Fsp3) is 0.533. The molecule has 0 atom stereocenters. The van der Waals surface area contributed by atoms with Crippen molar-refractivity contribution in [3.05, 3.63) is 29.8 Å². The van der Waals surface area contributed by atoms with E-state index in [0.717, 1.165) is 6.42 Å². The van der Waals surface area contributed by atoms with Crippen LogP contribution in [0, 0.1) is 5.41 Å². The van der Waals surface area contributed by atoms with Crippen LogP contribution in [0.4, 0.5) is 5.69 Å². The molecule has 0 aliphatic heterocycles. The molecule has 1 aromatic carbocycles. The molecule has 0 saturated carbocycles. The predicted octanol–water partition coefficient (Wildman–Crippen LogP) is 3.64. The number of hydrogen-bond donors (Lipinski definition) is 2. The van der Waals surface area contributed by atoms with Gasteiger partial charge >= 0.3 is 0 Å². The molecular formula is C15H25ClN2O. The average molecular weight is 285 g/mol. The molecule has 3 N–H and O–H groups in total. The zero-order valence-corrected chi connectivity index (χ0v) is 13.2. The number of nitrogen functional groups attached to an aromatic ring is 1. The van der Waals surface area contributed by atoms with Crippen LogP contribution in [0.25, 0.3) is 0 Å². The first kappa shape index (κ1) is 17.8. The van der Waals surface area contributed by atoms with Crippen molar-refractivity contribution in [2.45, 2.75) is 46.6 Å². The maximum atomic E-state index is 12.1. The Labute approximate surface area is 122 Å². The van der Waals surface area contributed by atoms with Crippen LogP contribution in [0.5, 0.6) is 0 Å². The van der Waals surface area contributed by atoms with E-state index in [4.69, 9.17) is 5.73 Å². The van der Waals surface area contributed by atoms with Crippen LogP contribution in [-0.2, 0) is 0 Å². The summed E-state index contributed by atoms with van der Waals surface area (Å²) in [6, 6.07) is 6.98. The number of halogens is 1. The third-order valence-electron chi connectivity index (χ3n) is 2.60. The van der Waals surface area contributed by atoms with Gasteiger partial charge in [-0.25, -0.2) is 0 Å². The number of rotatable bonds is 3. The molecule has 4 heteroatoms. The van der Waals surface area contributed by atoms with E-state index < -0.39 is 0 Å². The van der Waals surface area contributed by atoms with Gasteiger partial charge in [-0.2, -0.15) is 0 Å². The first-order valence-electron chi connectivity index (χ1n) is 6.27. The van der Waals surface area contributed by atoms with Crippen molar-refractivity contribution in [1.29, 1.82) is 0 Å². The Morgan fingerprint density at radius 2 is 1.58 bits per heavy atom. The molecule has 0 fully saturated rings. The van der Waals surface area contributed by atoms with E-state index in [1.807, 2.05) is 13.8 Å². The number of benzene rings is 1. The van der Waals surface area contributed by atoms with Crippen LogP contribution in [0.15, 0.2) is 24.3 Å². The van der Waals surface area contributed by atoms with Gasteiger partial charge in [-0.05, 0) is 49.9 Å². The van der Waals surface area contributed by atoms with E-state index in [-0.39, 0.29) is 29.3 Å². The summed E-state index contributed by atoms with van der Waals surface area (Å²) in [6.45, 7) is 10.6. The van der Waals surface area contributed by atoms with Gasteiger partial charge in [0.05, 0.1) is 0 Å². The molecule has 0 aromatic heterocycles. The van der Waals surface area contributed by atoms with E-state index in [2.05, 4.69) is 26.1 Å². The van der Waals surface area contributed by atoms with Gasteiger partial charge in [0.25, 0.3) is 5.91 Å². The lowest BCUT2D eigenvalue weighted by molar-refractivity contribution is 0.0891. The van der Waals surface area contributed by atoms with Crippen LogP contribution in [0.1, 0.15) is 51.4 Å². The molecule has 3 nitrogen and oxygen atoms in total. The van der Waals surface area contributed by atoms with Crippen LogP contribution >= 0.6 is 12.4 Å². The van der Waals surface area contributed by atoms with Gasteiger partial charge in [0.2, 0.25) is 0 Å². The third-order valence-corrected chi connectivity index (χ3v) is 2.60. The minimum atomic E-state index is -0.225. The number of nitrogens with two attached hydrogens (primary N) is 1. The molecule has 0 heterocycles. The van der Waals surface area contributed by atoms with Gasteiger partial charge in [-0.15, -0.1) is 12.4 Å². The van der Waals surface area contributed by atoms with Gasteiger partial charge in [-0.1, -0.05) is 20.8 Å². The zero-order valence-electron chi connectivity index (χ0n) is 12.4. The fourth-order valence-corrected chi connectivity index (χ4v) is 2.38. The number of anilines is 1. The van der Waals surface area contributed by atoms with E-state index >= 15 is 0 Å². The largest absolute Gasteiger partial charge is 0.399 e. The molecule has 1 aromatic rings. The maximum Gasteiger partial charge on any atom is 0.251 e. The summed E-state index contributed by atoms with van der Waals surface area (Å²) < 4.78 is 0. The summed E-state index contributed by atoms with van der Waals surface area (Å²) in [5, 5.41) is 3.07. The number of hydrogen-bond acceptors (Lipinski definition) is 2. The minimum Gasteiger partial charge on any atom is -0.399 e. The topological polar surface area (TPSA) is 55.1 Å². The van der Waals surface area contributed by atoms with Crippen LogP contribution in [0.2, 0.25) is 0 Å². The van der Waals surface area contributed by atoms with E-state index in [1.54, 1.807) is 24.3 Å². The van der Waals surface area contributed by atoms with Crippen LogP contribution in [-0.4, -0.2) is 11.4 Å². The minimum absolute atomic E-state index is 0. The lowest BCUT2D eigenvalue weighted by Crippen LogP contribution is -2.45. The number of amides is 1. The Kier molecular flexibility index (Phi) is 5.88. The van der Waals surface area contributed by atoms with Crippen molar-refractivity contribution < 1.29 is 4.79 Å². The van der Waals surface area contributed by atoms with Gasteiger partial charge in [-0.3, -0.25) is 4.79 Å². The van der Waals surface area contributed by atoms with Gasteiger partial charge in [0.1, 0.15) is 0 Å². The van der Waals surface area contributed by atoms with Crippen molar-refractivity contribution in [3.63, 3.8) is 0 Å². The smallest absolute Gasteiger partial charge is 0.251 e. The molecule has 0 aliphatic rings. The molecule has 0 saturated heterocycles. The van der Waals surface area contributed by atoms with Crippen molar-refractivity contribution in [2.75, 3.05) is 5.73 Å². The quantitative estimate of drug-likeness (QED) is 0.833. The zero-order chi connectivity index (χ0) is 14.0. The average Bonchev–Trinajstić information content (AvgIpc) is 2.13. The first-order valence-corrected chi connectivity index (χ1v) is 6.27. The molecule has 108 valence electrons. The molecule has 0 spiro atoms. The highest BCUT2D eigenvalue weighted by Gasteiger charge is 2.27. The van der Waals surface area contributed by atoms with E-state index in [1.165, 1.54) is 0 Å². The molecular weight excluding hydrogens is 260 g/mol. The molecule has 1 amide bonds. The normalized spacial score (nSPS) is 11.6. The predicted molar refractivity (Wildman–Crippen MR) is 83.7 cm³/mol. The molecule has 1 rings (SSSR count). The highest BCUT2D eigenvalue weighted by atomic mass is 35.5. The summed E-state index contributed by atoms with van der Waals surface area (Å²) in [6.07, 6.45) is 0.917. The van der Waals surface area contributed by atoms with Crippen LogP contribution in [0.3, 0.4) is 0 Å². The van der Waals surface area contributed by atoms with Crippen molar-refractivity contribution in [1.82, 2.24) is 5.32 Å². The SMILES string of the molecule is CC(C)(C)CC(C)(C)NC(=O)c1ccc(N)cc1.Cl. The molecule has 0 unspecified atom stereocenters. The number of carbonyl (C=O) groups is 1. The highest BCUT2D eigenvalue weighted by molar-refractivity contribution is 5.94. The Hall–Kier alpha value is -1.22. The highest BCUT2D eigenvalue weighted by Crippen LogP contribution is 2.27. The molecule has 0 radical (unpaired) electrons.